The molecule has 0 N–H and O–H groups in total. The van der Waals surface area contributed by atoms with Gasteiger partial charge in [-0.15, -0.1) is 10.2 Å². The van der Waals surface area contributed by atoms with Crippen LogP contribution in [0.25, 0.3) is 27.8 Å². The van der Waals surface area contributed by atoms with Crippen molar-refractivity contribution in [1.82, 2.24) is 34.6 Å². The van der Waals surface area contributed by atoms with Crippen molar-refractivity contribution in [2.24, 2.45) is 7.05 Å². The fraction of sp³-hybridized carbons (Fsp3) is 0.143. The molecule has 0 aliphatic carbocycles. The van der Waals surface area contributed by atoms with Crippen LogP contribution in [-0.2, 0) is 11.8 Å². The van der Waals surface area contributed by atoms with Crippen LogP contribution in [0, 0.1) is 5.82 Å². The van der Waals surface area contributed by atoms with E-state index in [1.807, 2.05) is 19.3 Å². The lowest BCUT2D eigenvalue weighted by Crippen LogP contribution is -2.35. The molecule has 5 heterocycles. The van der Waals surface area contributed by atoms with Crippen molar-refractivity contribution in [3.05, 3.63) is 48.7 Å². The number of aryl methyl sites for hydroxylation is 1. The van der Waals surface area contributed by atoms with Crippen molar-refractivity contribution in [3.63, 3.8) is 0 Å². The van der Waals surface area contributed by atoms with Gasteiger partial charge in [0, 0.05) is 37.3 Å². The number of fused-ring (bicyclic) bond motifs is 4. The third-order valence-corrected chi connectivity index (χ3v) is 6.33. The Hall–Kier alpha value is -4.06. The van der Waals surface area contributed by atoms with Crippen LogP contribution in [0.4, 0.5) is 10.1 Å². The van der Waals surface area contributed by atoms with Crippen LogP contribution in [0.2, 0.25) is 0 Å². The Bertz CT molecular complexity index is 1580. The largest absolute Gasteiger partial charge is 0.481 e. The first-order valence-electron chi connectivity index (χ1n) is 9.89. The summed E-state index contributed by atoms with van der Waals surface area (Å²) in [5.74, 6) is -0.141. The highest BCUT2D eigenvalue weighted by atomic mass is 32.2. The molecule has 0 atom stereocenters. The summed E-state index contributed by atoms with van der Waals surface area (Å²) < 4.78 is 23.9. The van der Waals surface area contributed by atoms with Gasteiger partial charge < -0.3 is 9.64 Å². The van der Waals surface area contributed by atoms with Crippen molar-refractivity contribution in [2.45, 2.75) is 10.1 Å². The normalized spacial score (nSPS) is 13.5. The van der Waals surface area contributed by atoms with Gasteiger partial charge in [0.05, 0.1) is 28.5 Å². The van der Waals surface area contributed by atoms with Gasteiger partial charge in [-0.3, -0.25) is 14.5 Å². The Morgan fingerprint density at radius 2 is 2.03 bits per heavy atom. The standard InChI is InChI=1S/C21H15FN8O2S/c1-28-9-11(7-24-28)14-3-4-18-25-26-21(30(18)27-14)33-17-5-12-15(6-13(17)22)23-8-16-20(12)32-10-19(31)29(16)2/h3-9H,10H2,1-2H3. The Morgan fingerprint density at radius 3 is 2.85 bits per heavy atom. The summed E-state index contributed by atoms with van der Waals surface area (Å²) in [5.41, 5.74) is 3.04. The highest BCUT2D eigenvalue weighted by Crippen LogP contribution is 2.40. The number of carbonyl (C=O) groups is 1. The lowest BCUT2D eigenvalue weighted by molar-refractivity contribution is -0.120. The van der Waals surface area contributed by atoms with Crippen molar-refractivity contribution in [1.29, 1.82) is 0 Å². The number of hydrogen-bond acceptors (Lipinski definition) is 8. The van der Waals surface area contributed by atoms with Gasteiger partial charge in [-0.25, -0.2) is 4.39 Å². The number of pyridine rings is 1. The van der Waals surface area contributed by atoms with E-state index in [1.165, 1.54) is 17.2 Å². The molecule has 1 amide bonds. The Kier molecular flexibility index (Phi) is 4.30. The molecule has 0 spiro atoms. The number of amides is 1. The number of hydrogen-bond donors (Lipinski definition) is 0. The summed E-state index contributed by atoms with van der Waals surface area (Å²) in [6, 6.07) is 6.62. The maximum atomic E-state index is 15.0. The van der Waals surface area contributed by atoms with Gasteiger partial charge in [-0.1, -0.05) is 0 Å². The Balaban J connectivity index is 1.44. The lowest BCUT2D eigenvalue weighted by atomic mass is 10.1. The number of aromatic nitrogens is 7. The van der Waals surface area contributed by atoms with Gasteiger partial charge in [0.25, 0.3) is 5.91 Å². The molecule has 10 nitrogen and oxygen atoms in total. The molecule has 0 unspecified atom stereocenters. The summed E-state index contributed by atoms with van der Waals surface area (Å²) in [6.07, 6.45) is 5.08. The highest BCUT2D eigenvalue weighted by molar-refractivity contribution is 7.99. The van der Waals surface area contributed by atoms with Gasteiger partial charge >= 0.3 is 0 Å². The molecule has 1 aliphatic rings. The minimum atomic E-state index is -0.458. The minimum absolute atomic E-state index is 0.0850. The lowest BCUT2D eigenvalue weighted by Gasteiger charge is -2.26. The summed E-state index contributed by atoms with van der Waals surface area (Å²) in [4.78, 5) is 18.1. The van der Waals surface area contributed by atoms with Crippen molar-refractivity contribution < 1.29 is 13.9 Å². The number of rotatable bonds is 3. The van der Waals surface area contributed by atoms with E-state index in [9.17, 15) is 9.18 Å². The predicted octanol–water partition coefficient (Wildman–Crippen LogP) is 2.72. The van der Waals surface area contributed by atoms with E-state index in [0.29, 0.717) is 43.7 Å². The molecule has 1 aromatic carbocycles. The average molecular weight is 462 g/mol. The maximum Gasteiger partial charge on any atom is 0.264 e. The molecule has 0 fully saturated rings. The molecule has 1 aliphatic heterocycles. The molecule has 0 bridgehead atoms. The van der Waals surface area contributed by atoms with E-state index < -0.39 is 5.82 Å². The fourth-order valence-corrected chi connectivity index (χ4v) is 4.46. The van der Waals surface area contributed by atoms with Gasteiger partial charge in [-0.05, 0) is 30.0 Å². The summed E-state index contributed by atoms with van der Waals surface area (Å²) >= 11 is 1.09. The summed E-state index contributed by atoms with van der Waals surface area (Å²) in [7, 11) is 3.49. The second-order valence-electron chi connectivity index (χ2n) is 7.49. The van der Waals surface area contributed by atoms with Crippen LogP contribution in [0.1, 0.15) is 0 Å². The Labute approximate surface area is 190 Å². The van der Waals surface area contributed by atoms with Crippen LogP contribution < -0.4 is 9.64 Å². The van der Waals surface area contributed by atoms with E-state index in [-0.39, 0.29) is 12.5 Å². The molecule has 4 aromatic heterocycles. The molecule has 0 saturated heterocycles. The van der Waals surface area contributed by atoms with E-state index in [4.69, 9.17) is 4.74 Å². The van der Waals surface area contributed by atoms with Gasteiger partial charge in [0.15, 0.2) is 18.0 Å². The van der Waals surface area contributed by atoms with Crippen molar-refractivity contribution in [3.8, 4) is 17.0 Å². The van der Waals surface area contributed by atoms with Crippen LogP contribution in [0.3, 0.4) is 0 Å². The van der Waals surface area contributed by atoms with E-state index in [0.717, 1.165) is 17.3 Å². The molecule has 6 rings (SSSR count). The van der Waals surface area contributed by atoms with Crippen LogP contribution in [0.5, 0.6) is 5.75 Å². The van der Waals surface area contributed by atoms with Crippen molar-refractivity contribution in [2.75, 3.05) is 18.6 Å². The summed E-state index contributed by atoms with van der Waals surface area (Å²) in [6.45, 7) is -0.0850. The highest BCUT2D eigenvalue weighted by Gasteiger charge is 2.25. The van der Waals surface area contributed by atoms with Gasteiger partial charge in [0.1, 0.15) is 11.5 Å². The minimum Gasteiger partial charge on any atom is -0.481 e. The second-order valence-corrected chi connectivity index (χ2v) is 8.50. The third kappa shape index (κ3) is 3.18. The van der Waals surface area contributed by atoms with E-state index in [1.54, 1.807) is 34.6 Å². The zero-order chi connectivity index (χ0) is 22.7. The second kappa shape index (κ2) is 7.24. The predicted molar refractivity (Wildman–Crippen MR) is 118 cm³/mol. The van der Waals surface area contributed by atoms with Crippen LogP contribution in [0.15, 0.2) is 52.9 Å². The fourth-order valence-electron chi connectivity index (χ4n) is 3.63. The van der Waals surface area contributed by atoms with E-state index in [2.05, 4.69) is 25.4 Å². The molecule has 12 heteroatoms. The molecule has 164 valence electrons. The number of benzene rings is 1. The first kappa shape index (κ1) is 19.6. The molecule has 33 heavy (non-hydrogen) atoms. The average Bonchev–Trinajstić information content (AvgIpc) is 3.42. The SMILES string of the molecule is CN1C(=O)COc2c1cnc1cc(F)c(Sc3nnc4ccc(-c5cnn(C)c5)nn34)cc21. The van der Waals surface area contributed by atoms with Gasteiger partial charge in [0.2, 0.25) is 5.16 Å². The van der Waals surface area contributed by atoms with Crippen LogP contribution >= 0.6 is 11.8 Å². The zero-order valence-corrected chi connectivity index (χ0v) is 18.2. The number of nitrogens with zero attached hydrogens (tertiary/aromatic N) is 8. The number of ether oxygens (including phenoxy) is 1. The molecule has 5 aromatic rings. The topological polar surface area (TPSA) is 103 Å². The Morgan fingerprint density at radius 1 is 1.15 bits per heavy atom. The molecule has 0 radical (unpaired) electrons. The molecular weight excluding hydrogens is 447 g/mol. The number of carbonyl (C=O) groups excluding carboxylic acids is 1. The first-order chi connectivity index (χ1) is 16.0. The molecule has 0 saturated carbocycles. The number of likely N-dealkylation sites (N-methyl/N-ethyl adjacent to an activating group) is 1. The number of anilines is 1. The van der Waals surface area contributed by atoms with Crippen LogP contribution in [-0.4, -0.2) is 54.1 Å². The third-order valence-electron chi connectivity index (χ3n) is 5.36. The van der Waals surface area contributed by atoms with Gasteiger partial charge in [-0.2, -0.15) is 14.7 Å². The zero-order valence-electron chi connectivity index (χ0n) is 17.4. The molecular formula is C21H15FN8O2S. The smallest absolute Gasteiger partial charge is 0.264 e. The maximum absolute atomic E-state index is 15.0. The number of halogens is 1. The first-order valence-corrected chi connectivity index (χ1v) is 10.7. The van der Waals surface area contributed by atoms with E-state index >= 15 is 0 Å². The monoisotopic (exact) mass is 462 g/mol. The van der Waals surface area contributed by atoms with Crippen molar-refractivity contribution >= 4 is 39.9 Å². The summed E-state index contributed by atoms with van der Waals surface area (Å²) in [5, 5.41) is 18.1. The quantitative estimate of drug-likeness (QED) is 0.403.